The normalized spacial score (nSPS) is 11.1. The number of benzene rings is 2. The minimum atomic E-state index is -0.701. The van der Waals surface area contributed by atoms with Gasteiger partial charge in [0, 0.05) is 28.8 Å². The molecule has 0 spiro atoms. The Hall–Kier alpha value is -3.31. The summed E-state index contributed by atoms with van der Waals surface area (Å²) in [4.78, 5) is 22.7. The lowest BCUT2D eigenvalue weighted by molar-refractivity contribution is -0.384. The van der Waals surface area contributed by atoms with Crippen molar-refractivity contribution in [2.45, 2.75) is 0 Å². The molecule has 3 aromatic rings. The van der Waals surface area contributed by atoms with Gasteiger partial charge in [0.15, 0.2) is 0 Å². The first kappa shape index (κ1) is 21.4. The number of carbonyl (C=O) groups excluding carboxylic acids is 1. The number of furan rings is 1. The van der Waals surface area contributed by atoms with E-state index in [0.717, 1.165) is 0 Å². The lowest BCUT2D eigenvalue weighted by atomic mass is 10.1. The number of non-ortho nitro benzene ring substituents is 1. The Morgan fingerprint density at radius 3 is 2.53 bits per heavy atom. The first-order valence-corrected chi connectivity index (χ1v) is 9.34. The summed E-state index contributed by atoms with van der Waals surface area (Å²) in [6, 6.07) is 13.4. The smallest absolute Gasteiger partial charge is 0.270 e. The number of rotatable bonds is 5. The fourth-order valence-electron chi connectivity index (χ4n) is 2.47. The van der Waals surface area contributed by atoms with Crippen molar-refractivity contribution in [1.82, 2.24) is 0 Å². The minimum Gasteiger partial charge on any atom is -0.457 e. The fourth-order valence-corrected chi connectivity index (χ4v) is 3.07. The Bertz CT molecular complexity index is 1230. The molecule has 1 amide bonds. The lowest BCUT2D eigenvalue weighted by Gasteiger charge is -2.06. The quantitative estimate of drug-likeness (QED) is 0.205. The van der Waals surface area contributed by atoms with Crippen LogP contribution in [0.4, 0.5) is 11.4 Å². The third-order valence-corrected chi connectivity index (χ3v) is 4.76. The van der Waals surface area contributed by atoms with Crippen LogP contribution in [0.1, 0.15) is 5.76 Å². The van der Waals surface area contributed by atoms with Crippen LogP contribution in [0, 0.1) is 21.4 Å². The van der Waals surface area contributed by atoms with E-state index in [1.807, 2.05) is 0 Å². The van der Waals surface area contributed by atoms with Crippen LogP contribution in [0.2, 0.25) is 15.1 Å². The third-order valence-electron chi connectivity index (χ3n) is 3.88. The Morgan fingerprint density at radius 2 is 1.87 bits per heavy atom. The Kier molecular flexibility index (Phi) is 6.43. The third kappa shape index (κ3) is 4.81. The van der Waals surface area contributed by atoms with E-state index in [1.165, 1.54) is 42.5 Å². The van der Waals surface area contributed by atoms with E-state index in [0.29, 0.717) is 16.3 Å². The average molecular weight is 463 g/mol. The van der Waals surface area contributed by atoms with Crippen molar-refractivity contribution in [2.24, 2.45) is 0 Å². The molecule has 0 bridgehead atoms. The van der Waals surface area contributed by atoms with Gasteiger partial charge in [-0.3, -0.25) is 14.9 Å². The molecule has 0 aliphatic heterocycles. The topological polar surface area (TPSA) is 109 Å². The number of nitrogens with one attached hydrogen (secondary N) is 1. The van der Waals surface area contributed by atoms with Gasteiger partial charge in [-0.25, -0.2) is 0 Å². The highest BCUT2D eigenvalue weighted by Crippen LogP contribution is 2.33. The zero-order valence-corrected chi connectivity index (χ0v) is 17.1. The van der Waals surface area contributed by atoms with Crippen molar-refractivity contribution in [3.63, 3.8) is 0 Å². The molecule has 0 aliphatic rings. The SMILES string of the molecule is N#C/C(=C\c1ccc(-c2ccc([N+](=O)[O-])cc2Cl)o1)C(=O)Nc1cc(Cl)ccc1Cl. The number of nitriles is 1. The molecule has 150 valence electrons. The number of nitro benzene ring substituents is 1. The van der Waals surface area contributed by atoms with Crippen molar-refractivity contribution in [1.29, 1.82) is 5.26 Å². The summed E-state index contributed by atoms with van der Waals surface area (Å²) >= 11 is 18.0. The molecular weight excluding hydrogens is 453 g/mol. The number of nitrogens with zero attached hydrogens (tertiary/aromatic N) is 2. The van der Waals surface area contributed by atoms with Crippen LogP contribution >= 0.6 is 34.8 Å². The van der Waals surface area contributed by atoms with Crippen molar-refractivity contribution in [2.75, 3.05) is 5.32 Å². The van der Waals surface area contributed by atoms with Gasteiger partial charge in [-0.1, -0.05) is 34.8 Å². The van der Waals surface area contributed by atoms with Gasteiger partial charge in [0.2, 0.25) is 0 Å². The van der Waals surface area contributed by atoms with Crippen LogP contribution in [-0.2, 0) is 4.79 Å². The van der Waals surface area contributed by atoms with Gasteiger partial charge in [0.25, 0.3) is 11.6 Å². The number of amides is 1. The minimum absolute atomic E-state index is 0.128. The standard InChI is InChI=1S/C20H10Cl3N3O4/c21-12-1-5-16(22)18(8-12)25-20(27)11(10-24)7-14-3-6-19(30-14)15-4-2-13(26(28)29)9-17(15)23/h1-9H,(H,25,27)/b11-7+. The van der Waals surface area contributed by atoms with Crippen LogP contribution in [0.25, 0.3) is 17.4 Å². The van der Waals surface area contributed by atoms with E-state index < -0.39 is 10.8 Å². The van der Waals surface area contributed by atoms with Gasteiger partial charge in [-0.15, -0.1) is 0 Å². The molecular formula is C20H10Cl3N3O4. The molecule has 0 radical (unpaired) electrons. The molecule has 10 heteroatoms. The molecule has 7 nitrogen and oxygen atoms in total. The highest BCUT2D eigenvalue weighted by molar-refractivity contribution is 6.36. The van der Waals surface area contributed by atoms with Gasteiger partial charge in [0.05, 0.1) is 20.7 Å². The van der Waals surface area contributed by atoms with Crippen molar-refractivity contribution in [3.05, 3.63) is 85.0 Å². The molecule has 3 rings (SSSR count). The van der Waals surface area contributed by atoms with Crippen LogP contribution in [0.15, 0.2) is 58.5 Å². The van der Waals surface area contributed by atoms with Gasteiger partial charge in [-0.2, -0.15) is 5.26 Å². The number of anilines is 1. The highest BCUT2D eigenvalue weighted by Gasteiger charge is 2.15. The molecule has 0 aliphatic carbocycles. The van der Waals surface area contributed by atoms with Gasteiger partial charge < -0.3 is 9.73 Å². The molecule has 0 atom stereocenters. The number of nitro groups is 1. The summed E-state index contributed by atoms with van der Waals surface area (Å²) in [5.74, 6) is -0.173. The van der Waals surface area contributed by atoms with E-state index >= 15 is 0 Å². The summed E-state index contributed by atoms with van der Waals surface area (Å²) < 4.78 is 5.62. The van der Waals surface area contributed by atoms with E-state index in [2.05, 4.69) is 5.32 Å². The number of hydrogen-bond acceptors (Lipinski definition) is 5. The molecule has 0 saturated heterocycles. The first-order valence-electron chi connectivity index (χ1n) is 8.21. The maximum atomic E-state index is 12.4. The van der Waals surface area contributed by atoms with Crippen molar-refractivity contribution >= 4 is 58.2 Å². The highest BCUT2D eigenvalue weighted by atomic mass is 35.5. The maximum Gasteiger partial charge on any atom is 0.270 e. The molecule has 0 unspecified atom stereocenters. The Balaban J connectivity index is 1.85. The average Bonchev–Trinajstić information content (AvgIpc) is 3.17. The second-order valence-corrected chi connectivity index (χ2v) is 7.12. The van der Waals surface area contributed by atoms with Gasteiger partial charge >= 0.3 is 0 Å². The molecule has 1 aromatic heterocycles. The predicted octanol–water partition coefficient (Wildman–Crippen LogP) is 6.36. The molecule has 1 heterocycles. The first-order chi connectivity index (χ1) is 14.3. The van der Waals surface area contributed by atoms with Gasteiger partial charge in [0.1, 0.15) is 23.2 Å². The predicted molar refractivity (Wildman–Crippen MR) is 114 cm³/mol. The van der Waals surface area contributed by atoms with Crippen LogP contribution in [-0.4, -0.2) is 10.8 Å². The summed E-state index contributed by atoms with van der Waals surface area (Å²) in [5.41, 5.74) is 0.295. The van der Waals surface area contributed by atoms with E-state index in [9.17, 15) is 20.2 Å². The molecule has 0 saturated carbocycles. The van der Waals surface area contributed by atoms with E-state index in [-0.39, 0.29) is 32.8 Å². The number of carbonyl (C=O) groups is 1. The molecule has 1 N–H and O–H groups in total. The second kappa shape index (κ2) is 9.01. The second-order valence-electron chi connectivity index (χ2n) is 5.87. The zero-order chi connectivity index (χ0) is 21.8. The molecule has 30 heavy (non-hydrogen) atoms. The number of halogens is 3. The lowest BCUT2D eigenvalue weighted by Crippen LogP contribution is -2.13. The molecule has 0 fully saturated rings. The number of hydrogen-bond donors (Lipinski definition) is 1. The van der Waals surface area contributed by atoms with Crippen LogP contribution < -0.4 is 5.32 Å². The summed E-state index contributed by atoms with van der Waals surface area (Å²) in [7, 11) is 0. The van der Waals surface area contributed by atoms with Crippen molar-refractivity contribution in [3.8, 4) is 17.4 Å². The maximum absolute atomic E-state index is 12.4. The summed E-state index contributed by atoms with van der Waals surface area (Å²) in [6.45, 7) is 0. The van der Waals surface area contributed by atoms with Crippen LogP contribution in [0.5, 0.6) is 0 Å². The Morgan fingerprint density at radius 1 is 1.10 bits per heavy atom. The van der Waals surface area contributed by atoms with Crippen LogP contribution in [0.3, 0.4) is 0 Å². The largest absolute Gasteiger partial charge is 0.457 e. The Labute approximate surface area is 185 Å². The van der Waals surface area contributed by atoms with E-state index in [4.69, 9.17) is 39.2 Å². The van der Waals surface area contributed by atoms with E-state index in [1.54, 1.807) is 18.2 Å². The molecule has 2 aromatic carbocycles. The summed E-state index contributed by atoms with van der Waals surface area (Å²) in [5, 5.41) is 23.4. The summed E-state index contributed by atoms with van der Waals surface area (Å²) in [6.07, 6.45) is 1.25. The monoisotopic (exact) mass is 461 g/mol. The zero-order valence-electron chi connectivity index (χ0n) is 14.9. The van der Waals surface area contributed by atoms with Crippen molar-refractivity contribution < 1.29 is 14.1 Å². The fraction of sp³-hybridized carbons (Fsp3) is 0. The van der Waals surface area contributed by atoms with Gasteiger partial charge in [-0.05, 0) is 36.4 Å².